The number of hydrogen-bond donors (Lipinski definition) is 1. The monoisotopic (exact) mass is 264 g/mol. The van der Waals surface area contributed by atoms with E-state index in [4.69, 9.17) is 5.73 Å². The van der Waals surface area contributed by atoms with Gasteiger partial charge in [-0.2, -0.15) is 0 Å². The van der Waals surface area contributed by atoms with Gasteiger partial charge in [0.15, 0.2) is 0 Å². The van der Waals surface area contributed by atoms with Crippen molar-refractivity contribution < 1.29 is 13.6 Å². The molecule has 0 unspecified atom stereocenters. The van der Waals surface area contributed by atoms with Gasteiger partial charge in [-0.3, -0.25) is 4.79 Å². The van der Waals surface area contributed by atoms with Crippen LogP contribution in [-0.4, -0.2) is 24.4 Å². The van der Waals surface area contributed by atoms with Crippen LogP contribution in [0.2, 0.25) is 0 Å². The summed E-state index contributed by atoms with van der Waals surface area (Å²) in [7, 11) is 1.56. The molecule has 96 valence electrons. The minimum atomic E-state index is -0.646. The first-order valence-corrected chi connectivity index (χ1v) is 4.92. The Bertz CT molecular complexity index is 388. The second kappa shape index (κ2) is 7.19. The summed E-state index contributed by atoms with van der Waals surface area (Å²) in [6, 6.07) is 3.30. The zero-order valence-corrected chi connectivity index (χ0v) is 10.3. The van der Waals surface area contributed by atoms with E-state index in [0.717, 1.165) is 6.07 Å². The fraction of sp³-hybridized carbons (Fsp3) is 0.364. The van der Waals surface area contributed by atoms with Crippen LogP contribution in [-0.2, 0) is 11.3 Å². The van der Waals surface area contributed by atoms with Crippen molar-refractivity contribution >= 4 is 18.3 Å². The third-order valence-electron chi connectivity index (χ3n) is 2.21. The number of halogens is 3. The van der Waals surface area contributed by atoms with Gasteiger partial charge in [0.05, 0.1) is 0 Å². The molecule has 0 radical (unpaired) electrons. The van der Waals surface area contributed by atoms with Gasteiger partial charge in [0.2, 0.25) is 5.91 Å². The SMILES string of the molecule is CN(Cc1ccc(F)cc1F)C(=O)CCN.Cl. The van der Waals surface area contributed by atoms with Crippen molar-refractivity contribution in [1.82, 2.24) is 4.90 Å². The Morgan fingerprint density at radius 3 is 2.59 bits per heavy atom. The highest BCUT2D eigenvalue weighted by Crippen LogP contribution is 2.11. The Morgan fingerprint density at radius 1 is 1.41 bits per heavy atom. The Labute approximate surface area is 105 Å². The van der Waals surface area contributed by atoms with E-state index >= 15 is 0 Å². The number of hydrogen-bond acceptors (Lipinski definition) is 2. The highest BCUT2D eigenvalue weighted by molar-refractivity contribution is 5.85. The van der Waals surface area contributed by atoms with Gasteiger partial charge in [-0.25, -0.2) is 8.78 Å². The first-order chi connectivity index (χ1) is 7.54. The van der Waals surface area contributed by atoms with Gasteiger partial charge in [0.25, 0.3) is 0 Å². The maximum atomic E-state index is 13.3. The van der Waals surface area contributed by atoms with Crippen molar-refractivity contribution in [2.24, 2.45) is 5.73 Å². The first kappa shape index (κ1) is 15.8. The third-order valence-corrected chi connectivity index (χ3v) is 2.21. The van der Waals surface area contributed by atoms with Crippen LogP contribution in [0.25, 0.3) is 0 Å². The Kier molecular flexibility index (Phi) is 6.68. The molecule has 0 aromatic heterocycles. The molecule has 2 N–H and O–H groups in total. The van der Waals surface area contributed by atoms with Gasteiger partial charge in [-0.05, 0) is 6.07 Å². The Morgan fingerprint density at radius 2 is 2.06 bits per heavy atom. The number of amides is 1. The summed E-state index contributed by atoms with van der Waals surface area (Å²) >= 11 is 0. The second-order valence-electron chi connectivity index (χ2n) is 3.52. The van der Waals surface area contributed by atoms with Crippen LogP contribution in [0.4, 0.5) is 8.78 Å². The molecule has 0 aliphatic rings. The summed E-state index contributed by atoms with van der Waals surface area (Å²) < 4.78 is 25.9. The molecule has 0 bridgehead atoms. The van der Waals surface area contributed by atoms with E-state index < -0.39 is 11.6 Å². The number of carbonyl (C=O) groups is 1. The van der Waals surface area contributed by atoms with E-state index in [-0.39, 0.29) is 43.4 Å². The zero-order valence-electron chi connectivity index (χ0n) is 9.45. The number of carbonyl (C=O) groups excluding carboxylic acids is 1. The highest BCUT2D eigenvalue weighted by atomic mass is 35.5. The number of rotatable bonds is 4. The van der Waals surface area contributed by atoms with Crippen molar-refractivity contribution in [3.8, 4) is 0 Å². The zero-order chi connectivity index (χ0) is 12.1. The molecule has 0 aliphatic heterocycles. The summed E-state index contributed by atoms with van der Waals surface area (Å²) in [5.41, 5.74) is 5.53. The van der Waals surface area contributed by atoms with Gasteiger partial charge >= 0.3 is 0 Å². The van der Waals surface area contributed by atoms with Crippen LogP contribution < -0.4 is 5.73 Å². The fourth-order valence-corrected chi connectivity index (χ4v) is 1.31. The van der Waals surface area contributed by atoms with E-state index in [1.165, 1.54) is 17.0 Å². The van der Waals surface area contributed by atoms with E-state index in [1.54, 1.807) is 7.05 Å². The molecule has 1 amide bonds. The van der Waals surface area contributed by atoms with E-state index in [2.05, 4.69) is 0 Å². The van der Waals surface area contributed by atoms with Crippen molar-refractivity contribution in [3.63, 3.8) is 0 Å². The summed E-state index contributed by atoms with van der Waals surface area (Å²) in [4.78, 5) is 12.7. The van der Waals surface area contributed by atoms with E-state index in [9.17, 15) is 13.6 Å². The van der Waals surface area contributed by atoms with E-state index in [0.29, 0.717) is 0 Å². The Hall–Kier alpha value is -1.20. The molecule has 0 fully saturated rings. The summed E-state index contributed by atoms with van der Waals surface area (Å²) in [6.07, 6.45) is 0.222. The summed E-state index contributed by atoms with van der Waals surface area (Å²) in [6.45, 7) is 0.375. The Balaban J connectivity index is 0.00000256. The fourth-order valence-electron chi connectivity index (χ4n) is 1.31. The third kappa shape index (κ3) is 4.66. The molecule has 1 aromatic rings. The molecular formula is C11H15ClF2N2O. The lowest BCUT2D eigenvalue weighted by Gasteiger charge is -2.17. The highest BCUT2D eigenvalue weighted by Gasteiger charge is 2.11. The second-order valence-corrected chi connectivity index (χ2v) is 3.52. The van der Waals surface area contributed by atoms with Crippen LogP contribution in [0.3, 0.4) is 0 Å². The van der Waals surface area contributed by atoms with Crippen LogP contribution in [0.15, 0.2) is 18.2 Å². The van der Waals surface area contributed by atoms with Crippen LogP contribution >= 0.6 is 12.4 Å². The molecular weight excluding hydrogens is 250 g/mol. The minimum Gasteiger partial charge on any atom is -0.341 e. The lowest BCUT2D eigenvalue weighted by atomic mass is 10.2. The molecule has 1 aromatic carbocycles. The molecule has 6 heteroatoms. The summed E-state index contributed by atoms with van der Waals surface area (Å²) in [5, 5.41) is 0. The number of nitrogens with zero attached hydrogens (tertiary/aromatic N) is 1. The van der Waals surface area contributed by atoms with Crippen molar-refractivity contribution in [1.29, 1.82) is 0 Å². The topological polar surface area (TPSA) is 46.3 Å². The van der Waals surface area contributed by atoms with Crippen LogP contribution in [0.1, 0.15) is 12.0 Å². The standard InChI is InChI=1S/C11H14F2N2O.ClH/c1-15(11(16)4-5-14)7-8-2-3-9(12)6-10(8)13;/h2-3,6H,4-5,7,14H2,1H3;1H. The van der Waals surface area contributed by atoms with Crippen molar-refractivity contribution in [3.05, 3.63) is 35.4 Å². The first-order valence-electron chi connectivity index (χ1n) is 4.92. The predicted molar refractivity (Wildman–Crippen MR) is 63.8 cm³/mol. The lowest BCUT2D eigenvalue weighted by molar-refractivity contribution is -0.130. The molecule has 0 saturated heterocycles. The molecule has 17 heavy (non-hydrogen) atoms. The maximum absolute atomic E-state index is 13.3. The minimum absolute atomic E-state index is 0. The quantitative estimate of drug-likeness (QED) is 0.900. The van der Waals surface area contributed by atoms with Gasteiger partial charge < -0.3 is 10.6 Å². The summed E-state index contributed by atoms with van der Waals surface area (Å²) in [5.74, 6) is -1.43. The van der Waals surface area contributed by atoms with Crippen molar-refractivity contribution in [2.45, 2.75) is 13.0 Å². The van der Waals surface area contributed by atoms with Crippen LogP contribution in [0, 0.1) is 11.6 Å². The molecule has 1 rings (SSSR count). The average Bonchev–Trinajstić information content (AvgIpc) is 2.22. The molecule has 0 saturated carbocycles. The smallest absolute Gasteiger partial charge is 0.223 e. The largest absolute Gasteiger partial charge is 0.341 e. The van der Waals surface area contributed by atoms with Crippen molar-refractivity contribution in [2.75, 3.05) is 13.6 Å². The predicted octanol–water partition coefficient (Wildman–Crippen LogP) is 1.69. The van der Waals surface area contributed by atoms with Gasteiger partial charge in [-0.1, -0.05) is 6.07 Å². The van der Waals surface area contributed by atoms with Gasteiger partial charge in [0.1, 0.15) is 11.6 Å². The normalized spacial score (nSPS) is 9.65. The molecule has 0 spiro atoms. The lowest BCUT2D eigenvalue weighted by Crippen LogP contribution is -2.28. The number of benzene rings is 1. The average molecular weight is 265 g/mol. The van der Waals surface area contributed by atoms with Crippen LogP contribution in [0.5, 0.6) is 0 Å². The number of nitrogens with two attached hydrogens (primary N) is 1. The molecule has 0 atom stereocenters. The van der Waals surface area contributed by atoms with E-state index in [1.807, 2.05) is 0 Å². The maximum Gasteiger partial charge on any atom is 0.223 e. The molecule has 3 nitrogen and oxygen atoms in total. The van der Waals surface area contributed by atoms with Gasteiger partial charge in [-0.15, -0.1) is 12.4 Å². The molecule has 0 aliphatic carbocycles. The van der Waals surface area contributed by atoms with Gasteiger partial charge in [0, 0.05) is 38.2 Å². The molecule has 0 heterocycles.